The quantitative estimate of drug-likeness (QED) is 0.442. The molecule has 3 rings (SSSR count). The summed E-state index contributed by atoms with van der Waals surface area (Å²) in [7, 11) is 0. The number of amides is 1. The monoisotopic (exact) mass is 474 g/mol. The maximum Gasteiger partial charge on any atom is 0.416 e. The Morgan fingerprint density at radius 2 is 1.91 bits per heavy atom. The highest BCUT2D eigenvalue weighted by molar-refractivity contribution is 5.91. The molecule has 0 aliphatic heterocycles. The van der Waals surface area contributed by atoms with E-state index in [2.05, 4.69) is 15.3 Å². The number of carbonyl (C=O) groups is 1. The summed E-state index contributed by atoms with van der Waals surface area (Å²) in [5.41, 5.74) is 0.896. The fraction of sp³-hybridized carbons (Fsp3) is 0.400. The van der Waals surface area contributed by atoms with Gasteiger partial charge in [-0.15, -0.1) is 0 Å². The van der Waals surface area contributed by atoms with Crippen LogP contribution in [0.15, 0.2) is 59.3 Å². The van der Waals surface area contributed by atoms with Gasteiger partial charge in [0.25, 0.3) is 5.91 Å². The molecule has 0 aliphatic rings. The second-order valence-electron chi connectivity index (χ2n) is 8.54. The molecule has 0 saturated carbocycles. The van der Waals surface area contributed by atoms with Gasteiger partial charge in [0, 0.05) is 37.4 Å². The van der Waals surface area contributed by atoms with Crippen molar-refractivity contribution in [3.05, 3.63) is 83.3 Å². The Labute approximate surface area is 197 Å². The van der Waals surface area contributed by atoms with Gasteiger partial charge in [-0.1, -0.05) is 38.1 Å². The van der Waals surface area contributed by atoms with Crippen molar-refractivity contribution >= 4 is 5.91 Å². The maximum absolute atomic E-state index is 13.1. The Kier molecular flexibility index (Phi) is 8.44. The normalized spacial score (nSPS) is 12.8. The van der Waals surface area contributed by atoms with Crippen LogP contribution in [0.1, 0.15) is 54.0 Å². The largest absolute Gasteiger partial charge is 0.447 e. The van der Waals surface area contributed by atoms with Gasteiger partial charge in [0.05, 0.1) is 12.1 Å². The highest BCUT2D eigenvalue weighted by Crippen LogP contribution is 2.30. The number of rotatable bonds is 10. The molecule has 1 aromatic carbocycles. The first kappa shape index (κ1) is 25.4. The van der Waals surface area contributed by atoms with E-state index in [1.54, 1.807) is 12.3 Å². The Morgan fingerprint density at radius 3 is 2.59 bits per heavy atom. The summed E-state index contributed by atoms with van der Waals surface area (Å²) in [6, 6.07) is 10.9. The van der Waals surface area contributed by atoms with E-state index in [4.69, 9.17) is 4.42 Å². The lowest BCUT2D eigenvalue weighted by Crippen LogP contribution is -2.36. The molecular formula is C25H29F3N4O2. The smallest absolute Gasteiger partial charge is 0.416 e. The minimum Gasteiger partial charge on any atom is -0.447 e. The van der Waals surface area contributed by atoms with Crippen LogP contribution in [0.2, 0.25) is 0 Å². The van der Waals surface area contributed by atoms with Gasteiger partial charge < -0.3 is 9.73 Å². The number of hydrogen-bond acceptors (Lipinski definition) is 5. The van der Waals surface area contributed by atoms with Gasteiger partial charge in [0.1, 0.15) is 6.26 Å². The Bertz CT molecular complexity index is 1070. The first-order valence-corrected chi connectivity index (χ1v) is 11.2. The minimum atomic E-state index is -4.40. The fourth-order valence-corrected chi connectivity index (χ4v) is 3.45. The van der Waals surface area contributed by atoms with Crippen LogP contribution in [-0.2, 0) is 25.7 Å². The molecule has 1 atom stereocenters. The van der Waals surface area contributed by atoms with Crippen molar-refractivity contribution in [2.45, 2.75) is 52.5 Å². The number of hydrogen-bond donors (Lipinski definition) is 1. The summed E-state index contributed by atoms with van der Waals surface area (Å²) in [6.07, 6.45) is -0.807. The van der Waals surface area contributed by atoms with Crippen LogP contribution in [0, 0.1) is 5.92 Å². The van der Waals surface area contributed by atoms with Crippen LogP contribution < -0.4 is 5.32 Å². The molecular weight excluding hydrogens is 445 g/mol. The summed E-state index contributed by atoms with van der Waals surface area (Å²) in [6.45, 7) is 7.05. The minimum absolute atomic E-state index is 0.0390. The second kappa shape index (κ2) is 11.3. The summed E-state index contributed by atoms with van der Waals surface area (Å²) in [4.78, 5) is 22.9. The molecule has 0 unspecified atom stereocenters. The molecule has 2 aromatic heterocycles. The van der Waals surface area contributed by atoms with Gasteiger partial charge in [-0.2, -0.15) is 13.2 Å². The predicted molar refractivity (Wildman–Crippen MR) is 122 cm³/mol. The molecule has 0 bridgehead atoms. The van der Waals surface area contributed by atoms with Crippen molar-refractivity contribution in [1.82, 2.24) is 20.2 Å². The number of nitrogens with zero attached hydrogens (tertiary/aromatic N) is 3. The molecule has 6 nitrogen and oxygen atoms in total. The van der Waals surface area contributed by atoms with E-state index in [0.29, 0.717) is 24.4 Å². The van der Waals surface area contributed by atoms with Crippen molar-refractivity contribution in [3.8, 4) is 0 Å². The molecule has 0 spiro atoms. The number of aromatic nitrogens is 2. The number of halogens is 3. The average Bonchev–Trinajstić information content (AvgIpc) is 3.27. The molecule has 9 heteroatoms. The zero-order valence-electron chi connectivity index (χ0n) is 19.5. The average molecular weight is 475 g/mol. The number of carbonyl (C=O) groups excluding carboxylic acids is 1. The van der Waals surface area contributed by atoms with Crippen LogP contribution in [0.4, 0.5) is 13.2 Å². The first-order valence-electron chi connectivity index (χ1n) is 11.2. The highest BCUT2D eigenvalue weighted by atomic mass is 19.4. The third kappa shape index (κ3) is 7.15. The SMILES string of the molecule is CC(C)[C@H](C)N(Cc1cccc(C(F)(F)F)c1)Cc1nc(C(=O)NCCc2ccccn2)co1. The lowest BCUT2D eigenvalue weighted by Gasteiger charge is -2.31. The number of oxazole rings is 1. The third-order valence-electron chi connectivity index (χ3n) is 5.70. The maximum atomic E-state index is 13.1. The van der Waals surface area contributed by atoms with Crippen LogP contribution >= 0.6 is 0 Å². The molecule has 1 amide bonds. The third-order valence-corrected chi connectivity index (χ3v) is 5.70. The number of pyridine rings is 1. The topological polar surface area (TPSA) is 71.3 Å². The van der Waals surface area contributed by atoms with Crippen LogP contribution in [0.5, 0.6) is 0 Å². The second-order valence-corrected chi connectivity index (χ2v) is 8.54. The zero-order valence-corrected chi connectivity index (χ0v) is 19.5. The van der Waals surface area contributed by atoms with Gasteiger partial charge in [0.2, 0.25) is 5.89 Å². The van der Waals surface area contributed by atoms with Crippen LogP contribution in [0.25, 0.3) is 0 Å². The Morgan fingerprint density at radius 1 is 1.12 bits per heavy atom. The summed E-state index contributed by atoms with van der Waals surface area (Å²) in [5, 5.41) is 2.79. The van der Waals surface area contributed by atoms with Crippen molar-refractivity contribution in [2.24, 2.45) is 5.92 Å². The highest BCUT2D eigenvalue weighted by Gasteiger charge is 2.30. The summed E-state index contributed by atoms with van der Waals surface area (Å²) < 4.78 is 44.9. The molecule has 0 aliphatic carbocycles. The van der Waals surface area contributed by atoms with Crippen molar-refractivity contribution in [2.75, 3.05) is 6.54 Å². The van der Waals surface area contributed by atoms with Crippen LogP contribution in [-0.4, -0.2) is 33.4 Å². The molecule has 2 heterocycles. The molecule has 0 fully saturated rings. The van der Waals surface area contributed by atoms with E-state index in [1.807, 2.05) is 43.9 Å². The van der Waals surface area contributed by atoms with Gasteiger partial charge in [-0.3, -0.25) is 14.7 Å². The van der Waals surface area contributed by atoms with Crippen molar-refractivity contribution in [3.63, 3.8) is 0 Å². The van der Waals surface area contributed by atoms with Gasteiger partial charge in [0.15, 0.2) is 5.69 Å². The van der Waals surface area contributed by atoms with E-state index in [1.165, 1.54) is 12.3 Å². The number of nitrogens with one attached hydrogen (secondary N) is 1. The first-order chi connectivity index (χ1) is 16.1. The van der Waals surface area contributed by atoms with E-state index >= 15 is 0 Å². The van der Waals surface area contributed by atoms with Crippen molar-refractivity contribution in [1.29, 1.82) is 0 Å². The Hall–Kier alpha value is -3.20. The molecule has 34 heavy (non-hydrogen) atoms. The number of benzene rings is 1. The fourth-order valence-electron chi connectivity index (χ4n) is 3.45. The molecule has 0 radical (unpaired) electrons. The van der Waals surface area contributed by atoms with Crippen LogP contribution in [0.3, 0.4) is 0 Å². The lowest BCUT2D eigenvalue weighted by atomic mass is 10.0. The molecule has 0 saturated heterocycles. The van der Waals surface area contributed by atoms with Crippen molar-refractivity contribution < 1.29 is 22.4 Å². The summed E-state index contributed by atoms with van der Waals surface area (Å²) >= 11 is 0. The number of alkyl halides is 3. The Balaban J connectivity index is 1.65. The van der Waals surface area contributed by atoms with E-state index in [-0.39, 0.29) is 36.7 Å². The van der Waals surface area contributed by atoms with E-state index in [0.717, 1.165) is 17.8 Å². The lowest BCUT2D eigenvalue weighted by molar-refractivity contribution is -0.137. The predicted octanol–water partition coefficient (Wildman–Crippen LogP) is 5.11. The molecule has 1 N–H and O–H groups in total. The van der Waals surface area contributed by atoms with Gasteiger partial charge in [-0.05, 0) is 36.6 Å². The zero-order chi connectivity index (χ0) is 24.7. The standard InChI is InChI=1S/C25H29F3N4O2/c1-17(2)18(3)32(14-19-7-6-8-20(13-19)25(26,27)28)15-23-31-22(16-34-23)24(33)30-12-10-21-9-4-5-11-29-21/h4-9,11,13,16-18H,10,12,14-15H2,1-3H3,(H,30,33)/t18-/m0/s1. The van der Waals surface area contributed by atoms with E-state index in [9.17, 15) is 18.0 Å². The molecule has 182 valence electrons. The van der Waals surface area contributed by atoms with E-state index < -0.39 is 11.7 Å². The van der Waals surface area contributed by atoms with Gasteiger partial charge in [-0.25, -0.2) is 4.98 Å². The van der Waals surface area contributed by atoms with Gasteiger partial charge >= 0.3 is 6.18 Å². The summed E-state index contributed by atoms with van der Waals surface area (Å²) in [5.74, 6) is 0.219. The molecule has 3 aromatic rings.